The third-order valence-electron chi connectivity index (χ3n) is 8.50. The maximum Gasteiger partial charge on any atom is 0.410 e. The molecule has 0 radical (unpaired) electrons. The summed E-state index contributed by atoms with van der Waals surface area (Å²) >= 11 is 19.7. The molecule has 4 aromatic rings. The molecule has 1 saturated heterocycles. The lowest BCUT2D eigenvalue weighted by atomic mass is 10.0. The first-order chi connectivity index (χ1) is 24.4. The van der Waals surface area contributed by atoms with Gasteiger partial charge in [0.2, 0.25) is 0 Å². The average Bonchev–Trinajstić information content (AvgIpc) is 3.85. The molecule has 6 rings (SSSR count). The van der Waals surface area contributed by atoms with Crippen LogP contribution < -0.4 is 10.1 Å². The van der Waals surface area contributed by atoms with Crippen molar-refractivity contribution >= 4 is 52.6 Å². The highest BCUT2D eigenvalue weighted by Gasteiger charge is 2.34. The number of nitrogens with one attached hydrogen (secondary N) is 1. The smallest absolute Gasteiger partial charge is 0.410 e. The molecule has 2 aliphatic rings. The summed E-state index contributed by atoms with van der Waals surface area (Å²) in [4.78, 5) is 26.8. The Bertz CT molecular complexity index is 1980. The molecule has 2 fully saturated rings. The molecule has 0 atom stereocenters. The van der Waals surface area contributed by atoms with E-state index in [1.165, 1.54) is 7.11 Å². The number of likely N-dealkylation sites (tertiary alicyclic amines) is 1. The summed E-state index contributed by atoms with van der Waals surface area (Å²) in [6, 6.07) is 16.0. The Hall–Kier alpha value is -4.36. The lowest BCUT2D eigenvalue weighted by Gasteiger charge is -2.34. The molecule has 1 aliphatic heterocycles. The summed E-state index contributed by atoms with van der Waals surface area (Å²) in [5, 5.41) is 9.19. The largest absolute Gasteiger partial charge is 0.489 e. The lowest BCUT2D eigenvalue weighted by molar-refractivity contribution is 0.0210. The number of methoxy groups -OCH3 is 1. The standard InChI is InChI=1S/C39H38Cl3N3O6/c1-39(2,3)50-38(47)45-16-14-27(15-17-45)43-28-19-23(18-26(20-28)37(46)48-4)8-9-24-12-13-29(21-33(24)42)49-22-30-35(44-51-36(30)25-10-11-25)34-31(40)6-5-7-32(34)41/h5-7,12-13,18-21,25,27,43H,10-11,14-17,22H2,1-4H3. The fourth-order valence-corrected chi connectivity index (χ4v) is 6.61. The lowest BCUT2D eigenvalue weighted by Crippen LogP contribution is -2.44. The van der Waals surface area contributed by atoms with Crippen LogP contribution in [0, 0.1) is 11.8 Å². The predicted molar refractivity (Wildman–Crippen MR) is 198 cm³/mol. The molecule has 1 aromatic heterocycles. The maximum atomic E-state index is 12.5. The third kappa shape index (κ3) is 9.12. The second-order valence-electron chi connectivity index (χ2n) is 13.6. The Labute approximate surface area is 312 Å². The van der Waals surface area contributed by atoms with Crippen LogP contribution in [0.1, 0.15) is 85.2 Å². The molecule has 266 valence electrons. The van der Waals surface area contributed by atoms with Gasteiger partial charge >= 0.3 is 12.1 Å². The van der Waals surface area contributed by atoms with Crippen molar-refractivity contribution in [3.63, 3.8) is 0 Å². The van der Waals surface area contributed by atoms with E-state index in [-0.39, 0.29) is 24.7 Å². The van der Waals surface area contributed by atoms with Gasteiger partial charge in [0.15, 0.2) is 0 Å². The number of carbonyl (C=O) groups is 2. The van der Waals surface area contributed by atoms with E-state index in [9.17, 15) is 9.59 Å². The summed E-state index contributed by atoms with van der Waals surface area (Å²) < 4.78 is 22.5. The minimum absolute atomic E-state index is 0.0929. The number of nitrogens with zero attached hydrogens (tertiary/aromatic N) is 2. The Morgan fingerprint density at radius 1 is 0.961 bits per heavy atom. The number of ether oxygens (including phenoxy) is 3. The Morgan fingerprint density at radius 2 is 1.69 bits per heavy atom. The number of aromatic nitrogens is 1. The first-order valence-corrected chi connectivity index (χ1v) is 17.9. The third-order valence-corrected chi connectivity index (χ3v) is 9.45. The number of halogens is 3. The summed E-state index contributed by atoms with van der Waals surface area (Å²) in [7, 11) is 1.34. The van der Waals surface area contributed by atoms with Crippen molar-refractivity contribution in [1.29, 1.82) is 0 Å². The zero-order chi connectivity index (χ0) is 36.3. The van der Waals surface area contributed by atoms with Gasteiger partial charge in [-0.1, -0.05) is 57.9 Å². The first kappa shape index (κ1) is 36.4. The summed E-state index contributed by atoms with van der Waals surface area (Å²) in [5.41, 5.74) is 3.71. The number of esters is 1. The molecule has 12 heteroatoms. The molecule has 0 bridgehead atoms. The molecule has 1 saturated carbocycles. The second kappa shape index (κ2) is 15.5. The number of hydrogen-bond acceptors (Lipinski definition) is 8. The van der Waals surface area contributed by atoms with Crippen LogP contribution in [0.25, 0.3) is 11.3 Å². The van der Waals surface area contributed by atoms with Crippen LogP contribution in [0.5, 0.6) is 5.75 Å². The van der Waals surface area contributed by atoms with Crippen molar-refractivity contribution in [3.05, 3.63) is 97.7 Å². The zero-order valence-corrected chi connectivity index (χ0v) is 31.0. The van der Waals surface area contributed by atoms with Crippen molar-refractivity contribution < 1.29 is 28.3 Å². The summed E-state index contributed by atoms with van der Waals surface area (Å²) in [6.07, 6.45) is 3.18. The van der Waals surface area contributed by atoms with E-state index in [2.05, 4.69) is 22.3 Å². The van der Waals surface area contributed by atoms with Gasteiger partial charge in [0.05, 0.1) is 33.3 Å². The van der Waals surface area contributed by atoms with Crippen LogP contribution in [-0.4, -0.2) is 54.0 Å². The number of anilines is 1. The molecular formula is C39H38Cl3N3O6. The molecule has 0 spiro atoms. The number of rotatable bonds is 8. The Kier molecular flexibility index (Phi) is 11.1. The average molecular weight is 751 g/mol. The minimum atomic E-state index is -0.547. The van der Waals surface area contributed by atoms with Crippen molar-refractivity contribution in [2.24, 2.45) is 0 Å². The van der Waals surface area contributed by atoms with Gasteiger partial charge in [-0.2, -0.15) is 0 Å². The van der Waals surface area contributed by atoms with Crippen molar-refractivity contribution in [2.45, 2.75) is 70.6 Å². The quantitative estimate of drug-likeness (QED) is 0.140. The van der Waals surface area contributed by atoms with Crippen LogP contribution in [-0.2, 0) is 16.1 Å². The summed E-state index contributed by atoms with van der Waals surface area (Å²) in [6.45, 7) is 6.87. The fraction of sp³-hybridized carbons (Fsp3) is 0.359. The molecule has 9 nitrogen and oxygen atoms in total. The van der Waals surface area contributed by atoms with Crippen LogP contribution in [0.4, 0.5) is 10.5 Å². The molecule has 3 aromatic carbocycles. The van der Waals surface area contributed by atoms with Gasteiger partial charge in [-0.15, -0.1) is 0 Å². The van der Waals surface area contributed by atoms with Crippen molar-refractivity contribution in [1.82, 2.24) is 10.1 Å². The predicted octanol–water partition coefficient (Wildman–Crippen LogP) is 9.76. The second-order valence-corrected chi connectivity index (χ2v) is 14.8. The highest BCUT2D eigenvalue weighted by Crippen LogP contribution is 2.46. The van der Waals surface area contributed by atoms with E-state index in [4.69, 9.17) is 53.5 Å². The van der Waals surface area contributed by atoms with Gasteiger partial charge in [-0.3, -0.25) is 0 Å². The highest BCUT2D eigenvalue weighted by atomic mass is 35.5. The van der Waals surface area contributed by atoms with E-state index in [1.807, 2.05) is 26.8 Å². The van der Waals surface area contributed by atoms with E-state index >= 15 is 0 Å². The summed E-state index contributed by atoms with van der Waals surface area (Å²) in [5.74, 6) is 7.41. The minimum Gasteiger partial charge on any atom is -0.489 e. The van der Waals surface area contributed by atoms with Crippen LogP contribution in [0.15, 0.2) is 59.1 Å². The van der Waals surface area contributed by atoms with Gasteiger partial charge in [0.25, 0.3) is 0 Å². The number of benzene rings is 3. The number of carbonyl (C=O) groups excluding carboxylic acids is 2. The van der Waals surface area contributed by atoms with E-state index in [0.29, 0.717) is 61.9 Å². The number of piperidine rings is 1. The SMILES string of the molecule is COC(=O)c1cc(C#Cc2ccc(OCc3c(-c4c(Cl)cccc4Cl)noc3C3CC3)cc2Cl)cc(NC2CCN(C(=O)OC(C)(C)C)CC2)c1. The van der Waals surface area contributed by atoms with Crippen LogP contribution in [0.2, 0.25) is 15.1 Å². The Balaban J connectivity index is 1.15. The van der Waals surface area contributed by atoms with E-state index in [1.54, 1.807) is 53.4 Å². The van der Waals surface area contributed by atoms with Gasteiger partial charge < -0.3 is 29.0 Å². The normalized spacial score (nSPS) is 14.8. The zero-order valence-electron chi connectivity index (χ0n) is 28.8. The molecule has 51 heavy (non-hydrogen) atoms. The molecule has 1 amide bonds. The molecule has 0 unspecified atom stereocenters. The highest BCUT2D eigenvalue weighted by molar-refractivity contribution is 6.39. The molecule has 1 aliphatic carbocycles. The van der Waals surface area contributed by atoms with Crippen LogP contribution >= 0.6 is 34.8 Å². The monoisotopic (exact) mass is 749 g/mol. The van der Waals surface area contributed by atoms with Crippen LogP contribution in [0.3, 0.4) is 0 Å². The molecular weight excluding hydrogens is 713 g/mol. The first-order valence-electron chi connectivity index (χ1n) is 16.7. The van der Waals surface area contributed by atoms with E-state index in [0.717, 1.165) is 42.7 Å². The van der Waals surface area contributed by atoms with E-state index < -0.39 is 11.6 Å². The van der Waals surface area contributed by atoms with Gasteiger partial charge in [0.1, 0.15) is 29.4 Å². The fourth-order valence-electron chi connectivity index (χ4n) is 5.82. The molecule has 1 N–H and O–H groups in total. The topological polar surface area (TPSA) is 103 Å². The Morgan fingerprint density at radius 3 is 2.33 bits per heavy atom. The maximum absolute atomic E-state index is 12.5. The number of hydrogen-bond donors (Lipinski definition) is 1. The van der Waals surface area contributed by atoms with Gasteiger partial charge in [0, 0.05) is 53.5 Å². The van der Waals surface area contributed by atoms with Gasteiger partial charge in [-0.05, 0) is 88.9 Å². The van der Waals surface area contributed by atoms with Crippen molar-refractivity contribution in [2.75, 3.05) is 25.5 Å². The van der Waals surface area contributed by atoms with Gasteiger partial charge in [-0.25, -0.2) is 9.59 Å². The number of amides is 1. The van der Waals surface area contributed by atoms with Crippen molar-refractivity contribution in [3.8, 4) is 28.8 Å². The molecule has 2 heterocycles.